The van der Waals surface area contributed by atoms with E-state index < -0.39 is 23.4 Å². The van der Waals surface area contributed by atoms with Crippen molar-refractivity contribution in [2.24, 2.45) is 0 Å². The average Bonchev–Trinajstić information content (AvgIpc) is 2.54. The Morgan fingerprint density at radius 2 is 2.00 bits per heavy atom. The molecule has 3 rings (SSSR count). The van der Waals surface area contributed by atoms with Crippen molar-refractivity contribution in [1.29, 1.82) is 5.26 Å². The number of likely N-dealkylation sites (tertiary alicyclic amines) is 1. The molecule has 1 N–H and O–H groups in total. The van der Waals surface area contributed by atoms with Crippen LogP contribution in [0.3, 0.4) is 0 Å². The van der Waals surface area contributed by atoms with Crippen LogP contribution in [0, 0.1) is 23.0 Å². The maximum atomic E-state index is 13.5. The summed E-state index contributed by atoms with van der Waals surface area (Å²) in [7, 11) is 0. The minimum atomic E-state index is -0.844. The molecule has 2 amide bonds. The third-order valence-corrected chi connectivity index (χ3v) is 3.50. The van der Waals surface area contributed by atoms with Crippen LogP contribution in [-0.4, -0.2) is 35.1 Å². The van der Waals surface area contributed by atoms with Crippen molar-refractivity contribution in [3.63, 3.8) is 0 Å². The van der Waals surface area contributed by atoms with Crippen molar-refractivity contribution in [3.8, 4) is 11.9 Å². The number of aromatic nitrogens is 1. The Kier molecular flexibility index (Phi) is 4.24. The van der Waals surface area contributed by atoms with Crippen LogP contribution >= 0.6 is 0 Å². The highest BCUT2D eigenvalue weighted by Crippen LogP contribution is 2.22. The number of para-hydroxylation sites is 1. The minimum absolute atomic E-state index is 0.199. The first-order valence-corrected chi connectivity index (χ1v) is 7.10. The van der Waals surface area contributed by atoms with Crippen molar-refractivity contribution in [3.05, 3.63) is 53.7 Å². The summed E-state index contributed by atoms with van der Waals surface area (Å²) < 4.78 is 32.6. The second kappa shape index (κ2) is 6.50. The number of rotatable bonds is 3. The maximum absolute atomic E-state index is 13.5. The molecule has 1 saturated heterocycles. The number of hydrogen-bond donors (Lipinski definition) is 1. The third kappa shape index (κ3) is 3.10. The van der Waals surface area contributed by atoms with Crippen molar-refractivity contribution >= 4 is 11.7 Å². The van der Waals surface area contributed by atoms with E-state index in [1.165, 1.54) is 17.2 Å². The molecule has 2 heterocycles. The Hall–Kier alpha value is -3.21. The summed E-state index contributed by atoms with van der Waals surface area (Å²) in [6.07, 6.45) is 1.17. The second-order valence-corrected chi connectivity index (χ2v) is 5.14. The maximum Gasteiger partial charge on any atom is 0.322 e. The largest absolute Gasteiger partial charge is 0.470 e. The zero-order valence-electron chi connectivity index (χ0n) is 12.4. The van der Waals surface area contributed by atoms with Gasteiger partial charge in [0, 0.05) is 6.20 Å². The molecule has 0 bridgehead atoms. The number of pyridine rings is 1. The number of urea groups is 1. The molecule has 0 spiro atoms. The SMILES string of the molecule is N#Cc1cccnc1OC1CN(C(=O)Nc2c(F)cccc2F)C1. The predicted octanol–water partition coefficient (Wildman–Crippen LogP) is 2.53. The van der Waals surface area contributed by atoms with Gasteiger partial charge in [0.2, 0.25) is 5.88 Å². The lowest BCUT2D eigenvalue weighted by molar-refractivity contribution is 0.0458. The normalized spacial score (nSPS) is 13.8. The van der Waals surface area contributed by atoms with Gasteiger partial charge in [0.25, 0.3) is 0 Å². The van der Waals surface area contributed by atoms with Gasteiger partial charge in [-0.3, -0.25) is 0 Å². The number of nitriles is 1. The van der Waals surface area contributed by atoms with Gasteiger partial charge in [-0.1, -0.05) is 6.07 Å². The standard InChI is InChI=1S/C16H12F2N4O2/c17-12-4-1-5-13(18)14(12)21-16(23)22-8-11(9-22)24-15-10(7-19)3-2-6-20-15/h1-6,11H,8-9H2,(H,21,23). The monoisotopic (exact) mass is 330 g/mol. The van der Waals surface area contributed by atoms with Gasteiger partial charge in [0.15, 0.2) is 0 Å². The Labute approximate surface area is 136 Å². The average molecular weight is 330 g/mol. The van der Waals surface area contributed by atoms with Crippen molar-refractivity contribution in [2.45, 2.75) is 6.10 Å². The summed E-state index contributed by atoms with van der Waals surface area (Å²) in [5.41, 5.74) is -0.183. The lowest BCUT2D eigenvalue weighted by Gasteiger charge is -2.38. The number of hydrogen-bond acceptors (Lipinski definition) is 4. The van der Waals surface area contributed by atoms with E-state index in [2.05, 4.69) is 10.3 Å². The van der Waals surface area contributed by atoms with Crippen LogP contribution in [-0.2, 0) is 0 Å². The van der Waals surface area contributed by atoms with E-state index in [0.29, 0.717) is 5.56 Å². The number of benzene rings is 1. The summed E-state index contributed by atoms with van der Waals surface area (Å²) in [6, 6.07) is 7.87. The molecular formula is C16H12F2N4O2. The van der Waals surface area contributed by atoms with E-state index in [1.807, 2.05) is 6.07 Å². The molecule has 1 aliphatic rings. The number of carbonyl (C=O) groups is 1. The predicted molar refractivity (Wildman–Crippen MR) is 80.3 cm³/mol. The van der Waals surface area contributed by atoms with Crippen molar-refractivity contribution < 1.29 is 18.3 Å². The minimum Gasteiger partial charge on any atom is -0.470 e. The molecule has 2 aromatic rings. The lowest BCUT2D eigenvalue weighted by Crippen LogP contribution is -2.57. The molecular weight excluding hydrogens is 318 g/mol. The van der Waals surface area contributed by atoms with E-state index in [4.69, 9.17) is 10.00 Å². The molecule has 0 saturated carbocycles. The van der Waals surface area contributed by atoms with E-state index in [1.54, 1.807) is 12.1 Å². The molecule has 122 valence electrons. The zero-order chi connectivity index (χ0) is 17.1. The number of halogens is 2. The van der Waals surface area contributed by atoms with Gasteiger partial charge < -0.3 is 15.0 Å². The summed E-state index contributed by atoms with van der Waals surface area (Å²) in [5.74, 6) is -1.49. The molecule has 1 aromatic carbocycles. The number of ether oxygens (including phenoxy) is 1. The lowest BCUT2D eigenvalue weighted by atomic mass is 10.2. The Balaban J connectivity index is 1.57. The van der Waals surface area contributed by atoms with E-state index in [-0.39, 0.29) is 25.1 Å². The van der Waals surface area contributed by atoms with E-state index >= 15 is 0 Å². The van der Waals surface area contributed by atoms with Gasteiger partial charge >= 0.3 is 6.03 Å². The number of amides is 2. The van der Waals surface area contributed by atoms with Crippen LogP contribution < -0.4 is 10.1 Å². The summed E-state index contributed by atoms with van der Waals surface area (Å²) >= 11 is 0. The van der Waals surface area contributed by atoms with Crippen molar-refractivity contribution in [2.75, 3.05) is 18.4 Å². The molecule has 1 aliphatic heterocycles. The van der Waals surface area contributed by atoms with Gasteiger partial charge in [0.1, 0.15) is 35.1 Å². The summed E-state index contributed by atoms with van der Waals surface area (Å²) in [4.78, 5) is 17.3. The fourth-order valence-electron chi connectivity index (χ4n) is 2.21. The van der Waals surface area contributed by atoms with E-state index in [9.17, 15) is 13.6 Å². The number of anilines is 1. The Morgan fingerprint density at radius 1 is 1.29 bits per heavy atom. The van der Waals surface area contributed by atoms with Gasteiger partial charge in [-0.05, 0) is 24.3 Å². The van der Waals surface area contributed by atoms with Crippen LogP contribution in [0.15, 0.2) is 36.5 Å². The van der Waals surface area contributed by atoms with Gasteiger partial charge in [0.05, 0.1) is 13.1 Å². The van der Waals surface area contributed by atoms with Crippen LogP contribution in [0.5, 0.6) is 5.88 Å². The van der Waals surface area contributed by atoms with Crippen molar-refractivity contribution in [1.82, 2.24) is 9.88 Å². The first-order chi connectivity index (χ1) is 11.6. The summed E-state index contributed by atoms with van der Waals surface area (Å²) in [5, 5.41) is 11.2. The molecule has 24 heavy (non-hydrogen) atoms. The van der Waals surface area contributed by atoms with Gasteiger partial charge in [-0.25, -0.2) is 18.6 Å². The molecule has 0 atom stereocenters. The zero-order valence-corrected chi connectivity index (χ0v) is 12.4. The number of nitrogens with zero attached hydrogens (tertiary/aromatic N) is 3. The van der Waals surface area contributed by atoms with E-state index in [0.717, 1.165) is 12.1 Å². The van der Waals surface area contributed by atoms with Crippen LogP contribution in [0.25, 0.3) is 0 Å². The number of nitrogens with one attached hydrogen (secondary N) is 1. The van der Waals surface area contributed by atoms with Gasteiger partial charge in [-0.15, -0.1) is 0 Å². The first kappa shape index (κ1) is 15.7. The van der Waals surface area contributed by atoms with Crippen LogP contribution in [0.2, 0.25) is 0 Å². The Morgan fingerprint density at radius 3 is 2.67 bits per heavy atom. The molecule has 1 aromatic heterocycles. The molecule has 0 unspecified atom stereocenters. The van der Waals surface area contributed by atoms with Gasteiger partial charge in [-0.2, -0.15) is 5.26 Å². The quantitative estimate of drug-likeness (QED) is 0.938. The molecule has 0 radical (unpaired) electrons. The highest BCUT2D eigenvalue weighted by molar-refractivity contribution is 5.90. The Bertz CT molecular complexity index is 796. The first-order valence-electron chi connectivity index (χ1n) is 7.10. The molecule has 0 aliphatic carbocycles. The fourth-order valence-corrected chi connectivity index (χ4v) is 2.21. The summed E-state index contributed by atoms with van der Waals surface area (Å²) in [6.45, 7) is 0.451. The third-order valence-electron chi connectivity index (χ3n) is 3.50. The highest BCUT2D eigenvalue weighted by Gasteiger charge is 2.33. The molecule has 8 heteroatoms. The molecule has 1 fully saturated rings. The van der Waals surface area contributed by atoms with Crippen LogP contribution in [0.4, 0.5) is 19.3 Å². The second-order valence-electron chi connectivity index (χ2n) is 5.14. The smallest absolute Gasteiger partial charge is 0.322 e. The topological polar surface area (TPSA) is 78.2 Å². The fraction of sp³-hybridized carbons (Fsp3) is 0.188. The highest BCUT2D eigenvalue weighted by atomic mass is 19.1. The van der Waals surface area contributed by atoms with Crippen LogP contribution in [0.1, 0.15) is 5.56 Å². The molecule has 6 nitrogen and oxygen atoms in total. The number of carbonyl (C=O) groups excluding carboxylic acids is 1.